The van der Waals surface area contributed by atoms with Crippen LogP contribution in [0.15, 0.2) is 0 Å². The minimum Gasteiger partial charge on any atom is -0.481 e. The molecule has 0 aliphatic carbocycles. The minimum atomic E-state index is -0.669. The Bertz CT molecular complexity index is 223. The highest BCUT2D eigenvalue weighted by Gasteiger charge is 2.40. The van der Waals surface area contributed by atoms with Crippen LogP contribution in [0.3, 0.4) is 0 Å². The van der Waals surface area contributed by atoms with Crippen LogP contribution in [-0.4, -0.2) is 34.8 Å². The standard InChI is InChI=1S/C10H16O3S/c11-9(12)5-8-1-3-13-10(6-8)2-4-14-7-10/h8H,1-7H2,(H,11,12). The molecule has 2 heterocycles. The average molecular weight is 216 g/mol. The molecular formula is C10H16O3S. The van der Waals surface area contributed by atoms with Gasteiger partial charge in [-0.05, 0) is 30.9 Å². The Labute approximate surface area is 88.2 Å². The number of hydrogen-bond acceptors (Lipinski definition) is 3. The van der Waals surface area contributed by atoms with E-state index in [0.29, 0.717) is 12.3 Å². The fraction of sp³-hybridized carbons (Fsp3) is 0.900. The monoisotopic (exact) mass is 216 g/mol. The van der Waals surface area contributed by atoms with Crippen molar-refractivity contribution in [3.05, 3.63) is 0 Å². The summed E-state index contributed by atoms with van der Waals surface area (Å²) >= 11 is 1.93. The topological polar surface area (TPSA) is 46.5 Å². The molecule has 0 amide bonds. The lowest BCUT2D eigenvalue weighted by atomic mass is 9.84. The maximum Gasteiger partial charge on any atom is 0.303 e. The zero-order chi connectivity index (χ0) is 10.0. The highest BCUT2D eigenvalue weighted by Crippen LogP contribution is 2.41. The third-order valence-corrected chi connectivity index (χ3v) is 4.35. The van der Waals surface area contributed by atoms with Crippen LogP contribution in [0.2, 0.25) is 0 Å². The van der Waals surface area contributed by atoms with Gasteiger partial charge in [0.05, 0.1) is 5.60 Å². The maximum atomic E-state index is 10.6. The molecule has 4 heteroatoms. The molecule has 80 valence electrons. The molecule has 2 aliphatic rings. The molecule has 1 N–H and O–H groups in total. The molecule has 2 rings (SSSR count). The van der Waals surface area contributed by atoms with Crippen molar-refractivity contribution in [2.45, 2.75) is 31.3 Å². The Hall–Kier alpha value is -0.220. The molecule has 2 unspecified atom stereocenters. The van der Waals surface area contributed by atoms with Gasteiger partial charge in [-0.1, -0.05) is 0 Å². The zero-order valence-electron chi connectivity index (χ0n) is 8.20. The Morgan fingerprint density at radius 1 is 1.64 bits per heavy atom. The van der Waals surface area contributed by atoms with Gasteiger partial charge in [0.2, 0.25) is 0 Å². The highest BCUT2D eigenvalue weighted by atomic mass is 32.2. The molecule has 0 saturated carbocycles. The Morgan fingerprint density at radius 2 is 2.50 bits per heavy atom. The van der Waals surface area contributed by atoms with Crippen molar-refractivity contribution >= 4 is 17.7 Å². The minimum absolute atomic E-state index is 0.0308. The molecule has 0 bridgehead atoms. The molecule has 14 heavy (non-hydrogen) atoms. The average Bonchev–Trinajstić information content (AvgIpc) is 2.52. The zero-order valence-corrected chi connectivity index (χ0v) is 9.02. The van der Waals surface area contributed by atoms with Crippen LogP contribution in [0.5, 0.6) is 0 Å². The van der Waals surface area contributed by atoms with E-state index in [2.05, 4.69) is 0 Å². The first-order valence-corrected chi connectivity index (χ1v) is 6.29. The second kappa shape index (κ2) is 4.11. The van der Waals surface area contributed by atoms with Crippen molar-refractivity contribution in [3.63, 3.8) is 0 Å². The number of carboxylic acid groups (broad SMARTS) is 1. The van der Waals surface area contributed by atoms with E-state index in [0.717, 1.165) is 31.6 Å². The van der Waals surface area contributed by atoms with Gasteiger partial charge in [0, 0.05) is 18.8 Å². The summed E-state index contributed by atoms with van der Waals surface area (Å²) in [5, 5.41) is 8.75. The van der Waals surface area contributed by atoms with E-state index in [-0.39, 0.29) is 5.60 Å². The molecule has 2 saturated heterocycles. The van der Waals surface area contributed by atoms with Gasteiger partial charge in [-0.3, -0.25) is 4.79 Å². The van der Waals surface area contributed by atoms with Gasteiger partial charge in [0.25, 0.3) is 0 Å². The van der Waals surface area contributed by atoms with E-state index >= 15 is 0 Å². The number of aliphatic carboxylic acids is 1. The number of hydrogen-bond donors (Lipinski definition) is 1. The van der Waals surface area contributed by atoms with E-state index in [9.17, 15) is 4.79 Å². The number of ether oxygens (including phenoxy) is 1. The van der Waals surface area contributed by atoms with Gasteiger partial charge in [0.1, 0.15) is 0 Å². The van der Waals surface area contributed by atoms with Gasteiger partial charge < -0.3 is 9.84 Å². The van der Waals surface area contributed by atoms with Gasteiger partial charge in [-0.2, -0.15) is 11.8 Å². The van der Waals surface area contributed by atoms with E-state index in [1.807, 2.05) is 11.8 Å². The third-order valence-electron chi connectivity index (χ3n) is 3.13. The lowest BCUT2D eigenvalue weighted by Gasteiger charge is -2.37. The summed E-state index contributed by atoms with van der Waals surface area (Å²) in [7, 11) is 0. The van der Waals surface area contributed by atoms with E-state index in [4.69, 9.17) is 9.84 Å². The largest absolute Gasteiger partial charge is 0.481 e. The lowest BCUT2D eigenvalue weighted by molar-refractivity contribution is -0.140. The van der Waals surface area contributed by atoms with E-state index < -0.39 is 5.97 Å². The SMILES string of the molecule is O=C(O)CC1CCOC2(CCSC2)C1. The summed E-state index contributed by atoms with van der Waals surface area (Å²) in [4.78, 5) is 10.6. The first-order chi connectivity index (χ1) is 6.70. The summed E-state index contributed by atoms with van der Waals surface area (Å²) in [6.07, 6.45) is 3.29. The quantitative estimate of drug-likeness (QED) is 0.764. The van der Waals surface area contributed by atoms with Crippen LogP contribution in [0.4, 0.5) is 0 Å². The lowest BCUT2D eigenvalue weighted by Crippen LogP contribution is -2.40. The number of carbonyl (C=O) groups is 1. The summed E-state index contributed by atoms with van der Waals surface area (Å²) in [6, 6.07) is 0. The molecule has 0 aromatic rings. The predicted octanol–water partition coefficient (Wildman–Crippen LogP) is 1.76. The van der Waals surface area contributed by atoms with Gasteiger partial charge in [-0.25, -0.2) is 0 Å². The van der Waals surface area contributed by atoms with Gasteiger partial charge >= 0.3 is 5.97 Å². The van der Waals surface area contributed by atoms with Crippen LogP contribution in [0.1, 0.15) is 25.7 Å². The molecule has 0 aromatic carbocycles. The first-order valence-electron chi connectivity index (χ1n) is 5.14. The fourth-order valence-electron chi connectivity index (χ4n) is 2.41. The van der Waals surface area contributed by atoms with Crippen molar-refractivity contribution in [2.24, 2.45) is 5.92 Å². The predicted molar refractivity (Wildman–Crippen MR) is 55.6 cm³/mol. The Balaban J connectivity index is 1.93. The van der Waals surface area contributed by atoms with Crippen LogP contribution in [-0.2, 0) is 9.53 Å². The number of carboxylic acids is 1. The second-order valence-corrected chi connectivity index (χ2v) is 5.40. The second-order valence-electron chi connectivity index (χ2n) is 4.29. The summed E-state index contributed by atoms with van der Waals surface area (Å²) in [5.41, 5.74) is 0.0308. The van der Waals surface area contributed by atoms with E-state index in [1.165, 1.54) is 5.75 Å². The third kappa shape index (κ3) is 2.23. The van der Waals surface area contributed by atoms with Crippen molar-refractivity contribution in [1.82, 2.24) is 0 Å². The molecule has 0 radical (unpaired) electrons. The van der Waals surface area contributed by atoms with Crippen LogP contribution < -0.4 is 0 Å². The summed E-state index contributed by atoms with van der Waals surface area (Å²) in [5.74, 6) is 1.89. The van der Waals surface area contributed by atoms with Gasteiger partial charge in [0.15, 0.2) is 0 Å². The van der Waals surface area contributed by atoms with Crippen molar-refractivity contribution < 1.29 is 14.6 Å². The molecule has 2 atom stereocenters. The normalized spacial score (nSPS) is 37.6. The smallest absolute Gasteiger partial charge is 0.303 e. The Morgan fingerprint density at radius 3 is 3.14 bits per heavy atom. The van der Waals surface area contributed by atoms with Crippen LogP contribution >= 0.6 is 11.8 Å². The molecule has 1 spiro atoms. The summed E-state index contributed by atoms with van der Waals surface area (Å²) < 4.78 is 5.82. The number of rotatable bonds is 2. The molecular weight excluding hydrogens is 200 g/mol. The van der Waals surface area contributed by atoms with Crippen molar-refractivity contribution in [1.29, 1.82) is 0 Å². The molecule has 2 aliphatic heterocycles. The fourth-order valence-corrected chi connectivity index (χ4v) is 3.79. The van der Waals surface area contributed by atoms with Crippen molar-refractivity contribution in [2.75, 3.05) is 18.1 Å². The van der Waals surface area contributed by atoms with Gasteiger partial charge in [-0.15, -0.1) is 0 Å². The highest BCUT2D eigenvalue weighted by molar-refractivity contribution is 7.99. The van der Waals surface area contributed by atoms with Crippen LogP contribution in [0.25, 0.3) is 0 Å². The Kier molecular flexibility index (Phi) is 3.02. The number of thioether (sulfide) groups is 1. The maximum absolute atomic E-state index is 10.6. The molecule has 3 nitrogen and oxygen atoms in total. The molecule has 2 fully saturated rings. The van der Waals surface area contributed by atoms with Crippen molar-refractivity contribution in [3.8, 4) is 0 Å². The first kappa shape index (κ1) is 10.3. The van der Waals surface area contributed by atoms with E-state index in [1.54, 1.807) is 0 Å². The molecule has 0 aromatic heterocycles. The summed E-state index contributed by atoms with van der Waals surface area (Å²) in [6.45, 7) is 0.749. The van der Waals surface area contributed by atoms with Crippen LogP contribution in [0, 0.1) is 5.92 Å².